The first-order chi connectivity index (χ1) is 11.3. The molecule has 24 heavy (non-hydrogen) atoms. The van der Waals surface area contributed by atoms with E-state index in [-0.39, 0.29) is 35.2 Å². The van der Waals surface area contributed by atoms with Gasteiger partial charge in [0.1, 0.15) is 6.10 Å². The second-order valence-electron chi connectivity index (χ2n) is 8.09. The minimum Gasteiger partial charge on any atom is -0.385 e. The zero-order valence-electron chi connectivity index (χ0n) is 15.3. The molecule has 1 fully saturated rings. The van der Waals surface area contributed by atoms with E-state index in [4.69, 9.17) is 4.74 Å². The van der Waals surface area contributed by atoms with Gasteiger partial charge in [-0.3, -0.25) is 4.79 Å². The second kappa shape index (κ2) is 6.61. The molecule has 0 amide bonds. The molecule has 0 aromatic rings. The number of ketones is 1. The average Bonchev–Trinajstić information content (AvgIpc) is 2.51. The zero-order chi connectivity index (χ0) is 17.5. The maximum atomic E-state index is 12.7. The molecule has 0 aromatic carbocycles. The van der Waals surface area contributed by atoms with E-state index in [0.717, 1.165) is 31.3 Å². The predicted octanol–water partition coefficient (Wildman–Crippen LogP) is 3.98. The number of unbranched alkanes of at least 4 members (excludes halogenated alkanes) is 2. The standard InChI is InChI=1S/C21H30O3/c1-5-6-7-8-14-12-17-18(20(23)19(14)22)15-11-13(2)9-10-16(15)21(3,4)24-17/h9-12,15-18,20,23H,5-8H2,1-4H3. The Labute approximate surface area is 145 Å². The Kier molecular flexibility index (Phi) is 4.85. The molecule has 3 rings (SSSR count). The number of carbonyl (C=O) groups is 1. The van der Waals surface area contributed by atoms with Crippen molar-refractivity contribution >= 4 is 5.78 Å². The molecule has 0 aromatic heterocycles. The topological polar surface area (TPSA) is 46.5 Å². The van der Waals surface area contributed by atoms with Crippen molar-refractivity contribution in [2.45, 2.75) is 71.2 Å². The fraction of sp³-hybridized carbons (Fsp3) is 0.667. The normalized spacial score (nSPS) is 37.4. The summed E-state index contributed by atoms with van der Waals surface area (Å²) in [5.74, 6) is 0.0800. The summed E-state index contributed by atoms with van der Waals surface area (Å²) >= 11 is 0. The van der Waals surface area contributed by atoms with Gasteiger partial charge < -0.3 is 9.84 Å². The third kappa shape index (κ3) is 3.04. The number of hydrogen-bond acceptors (Lipinski definition) is 3. The Balaban J connectivity index is 1.91. The molecule has 1 N–H and O–H groups in total. The summed E-state index contributed by atoms with van der Waals surface area (Å²) in [7, 11) is 0. The molecular weight excluding hydrogens is 300 g/mol. The van der Waals surface area contributed by atoms with Crippen LogP contribution in [0.1, 0.15) is 53.4 Å². The van der Waals surface area contributed by atoms with E-state index in [9.17, 15) is 9.90 Å². The number of allylic oxidation sites excluding steroid dienone is 3. The van der Waals surface area contributed by atoms with Crippen LogP contribution in [0.2, 0.25) is 0 Å². The van der Waals surface area contributed by atoms with E-state index in [2.05, 4.69) is 45.9 Å². The average molecular weight is 330 g/mol. The van der Waals surface area contributed by atoms with Crippen LogP contribution in [0.3, 0.4) is 0 Å². The van der Waals surface area contributed by atoms with Crippen molar-refractivity contribution in [1.29, 1.82) is 0 Å². The fourth-order valence-electron chi connectivity index (χ4n) is 4.57. The molecule has 0 saturated carbocycles. The van der Waals surface area contributed by atoms with E-state index in [1.165, 1.54) is 5.57 Å². The molecule has 1 heterocycles. The highest BCUT2D eigenvalue weighted by Gasteiger charge is 2.53. The molecule has 3 aliphatic rings. The van der Waals surface area contributed by atoms with Crippen molar-refractivity contribution in [3.63, 3.8) is 0 Å². The summed E-state index contributed by atoms with van der Waals surface area (Å²) in [5.41, 5.74) is 1.66. The van der Waals surface area contributed by atoms with Gasteiger partial charge in [-0.05, 0) is 51.2 Å². The highest BCUT2D eigenvalue weighted by atomic mass is 16.5. The molecular formula is C21H30O3. The lowest BCUT2D eigenvalue weighted by Gasteiger charge is -2.52. The van der Waals surface area contributed by atoms with Crippen LogP contribution in [0.15, 0.2) is 35.5 Å². The number of carbonyl (C=O) groups excluding carboxylic acids is 1. The van der Waals surface area contributed by atoms with Crippen molar-refractivity contribution in [3.8, 4) is 0 Å². The summed E-state index contributed by atoms with van der Waals surface area (Å²) in [6.07, 6.45) is 11.4. The highest BCUT2D eigenvalue weighted by Crippen LogP contribution is 2.49. The predicted molar refractivity (Wildman–Crippen MR) is 95.6 cm³/mol. The molecule has 3 heteroatoms. The van der Waals surface area contributed by atoms with Gasteiger partial charge >= 0.3 is 0 Å². The summed E-state index contributed by atoms with van der Waals surface area (Å²) in [4.78, 5) is 12.7. The van der Waals surface area contributed by atoms with Crippen molar-refractivity contribution in [2.75, 3.05) is 0 Å². The summed E-state index contributed by atoms with van der Waals surface area (Å²) in [6, 6.07) is 0. The van der Waals surface area contributed by atoms with Gasteiger partial charge in [0.05, 0.1) is 11.7 Å². The maximum absolute atomic E-state index is 12.7. The lowest BCUT2D eigenvalue weighted by molar-refractivity contribution is -0.183. The van der Waals surface area contributed by atoms with E-state index < -0.39 is 6.10 Å². The van der Waals surface area contributed by atoms with E-state index in [1.54, 1.807) is 0 Å². The van der Waals surface area contributed by atoms with Crippen molar-refractivity contribution < 1.29 is 14.6 Å². The number of hydrogen-bond donors (Lipinski definition) is 1. The van der Waals surface area contributed by atoms with Gasteiger partial charge in [-0.15, -0.1) is 0 Å². The Morgan fingerprint density at radius 3 is 2.71 bits per heavy atom. The van der Waals surface area contributed by atoms with Crippen LogP contribution >= 0.6 is 0 Å². The largest absolute Gasteiger partial charge is 0.385 e. The number of ether oxygens (including phenoxy) is 1. The Morgan fingerprint density at radius 1 is 1.25 bits per heavy atom. The third-order valence-electron chi connectivity index (χ3n) is 5.87. The van der Waals surface area contributed by atoms with E-state index in [0.29, 0.717) is 0 Å². The molecule has 0 bridgehead atoms. The Hall–Kier alpha value is -1.19. The molecule has 1 aliphatic heterocycles. The van der Waals surface area contributed by atoms with Crippen molar-refractivity contribution in [2.24, 2.45) is 17.8 Å². The minimum absolute atomic E-state index is 0.0879. The first-order valence-corrected chi connectivity index (χ1v) is 9.32. The van der Waals surface area contributed by atoms with Crippen LogP contribution in [0.4, 0.5) is 0 Å². The number of Topliss-reactive ketones (excluding diaryl/α,β-unsaturated/α-hetero) is 1. The monoisotopic (exact) mass is 330 g/mol. The van der Waals surface area contributed by atoms with Crippen LogP contribution in [0.25, 0.3) is 0 Å². The molecule has 2 aliphatic carbocycles. The van der Waals surface area contributed by atoms with Crippen LogP contribution in [0, 0.1) is 17.8 Å². The van der Waals surface area contributed by atoms with Gasteiger partial charge in [0.2, 0.25) is 0 Å². The SMILES string of the molecule is CCCCCC1=CC2OC(C)(C)C3C=CC(C)=CC3C2C(O)C1=O. The maximum Gasteiger partial charge on any atom is 0.187 e. The summed E-state index contributed by atoms with van der Waals surface area (Å²) in [6.45, 7) is 8.47. The highest BCUT2D eigenvalue weighted by molar-refractivity contribution is 6.00. The fourth-order valence-corrected chi connectivity index (χ4v) is 4.57. The number of rotatable bonds is 4. The van der Waals surface area contributed by atoms with Gasteiger partial charge in [0.15, 0.2) is 5.78 Å². The van der Waals surface area contributed by atoms with Gasteiger partial charge in [0.25, 0.3) is 0 Å². The first kappa shape index (κ1) is 17.6. The van der Waals surface area contributed by atoms with E-state index in [1.807, 2.05) is 6.08 Å². The first-order valence-electron chi connectivity index (χ1n) is 9.32. The van der Waals surface area contributed by atoms with Crippen LogP contribution in [0.5, 0.6) is 0 Å². The minimum atomic E-state index is -0.948. The van der Waals surface area contributed by atoms with Crippen LogP contribution < -0.4 is 0 Å². The molecule has 132 valence electrons. The quantitative estimate of drug-likeness (QED) is 0.793. The summed E-state index contributed by atoms with van der Waals surface area (Å²) in [5, 5.41) is 10.8. The van der Waals surface area contributed by atoms with Crippen LogP contribution in [-0.2, 0) is 9.53 Å². The molecule has 5 atom stereocenters. The van der Waals surface area contributed by atoms with Crippen molar-refractivity contribution in [3.05, 3.63) is 35.5 Å². The third-order valence-corrected chi connectivity index (χ3v) is 5.87. The Morgan fingerprint density at radius 2 is 2.00 bits per heavy atom. The van der Waals surface area contributed by atoms with Gasteiger partial charge in [-0.1, -0.05) is 43.6 Å². The van der Waals surface area contributed by atoms with E-state index >= 15 is 0 Å². The van der Waals surface area contributed by atoms with Gasteiger partial charge in [0, 0.05) is 11.8 Å². The smallest absolute Gasteiger partial charge is 0.187 e. The van der Waals surface area contributed by atoms with Gasteiger partial charge in [-0.25, -0.2) is 0 Å². The van der Waals surface area contributed by atoms with Crippen molar-refractivity contribution in [1.82, 2.24) is 0 Å². The number of aliphatic hydroxyl groups is 1. The van der Waals surface area contributed by atoms with Crippen LogP contribution in [-0.4, -0.2) is 28.7 Å². The molecule has 0 spiro atoms. The summed E-state index contributed by atoms with van der Waals surface area (Å²) < 4.78 is 6.37. The number of fused-ring (bicyclic) bond motifs is 3. The lowest BCUT2D eigenvalue weighted by Crippen LogP contribution is -2.58. The molecule has 5 unspecified atom stereocenters. The Bertz CT molecular complexity index is 596. The zero-order valence-corrected chi connectivity index (χ0v) is 15.3. The molecule has 3 nitrogen and oxygen atoms in total. The molecule has 1 saturated heterocycles. The number of aliphatic hydroxyl groups excluding tert-OH is 1. The second-order valence-corrected chi connectivity index (χ2v) is 8.09. The van der Waals surface area contributed by atoms with Gasteiger partial charge in [-0.2, -0.15) is 0 Å². The lowest BCUT2D eigenvalue weighted by atomic mass is 9.62. The molecule has 0 radical (unpaired) electrons.